The normalized spacial score (nSPS) is 12.1. The van der Waals surface area contributed by atoms with Gasteiger partial charge in [-0.2, -0.15) is 10.2 Å². The summed E-state index contributed by atoms with van der Waals surface area (Å²) in [5.74, 6) is -0.104. The van der Waals surface area contributed by atoms with Crippen LogP contribution in [0, 0.1) is 6.92 Å². The molecule has 0 saturated carbocycles. The molecule has 0 aliphatic carbocycles. The van der Waals surface area contributed by atoms with Crippen molar-refractivity contribution in [2.75, 3.05) is 5.32 Å². The molecular weight excluding hydrogens is 382 g/mol. The first-order valence-electron chi connectivity index (χ1n) is 8.13. The van der Waals surface area contributed by atoms with Crippen molar-refractivity contribution in [2.45, 2.75) is 32.9 Å². The number of aryl methyl sites for hydroxylation is 1. The monoisotopic (exact) mass is 401 g/mol. The quantitative estimate of drug-likeness (QED) is 0.683. The van der Waals surface area contributed by atoms with E-state index in [-0.39, 0.29) is 11.9 Å². The van der Waals surface area contributed by atoms with Crippen LogP contribution in [0.4, 0.5) is 5.69 Å². The summed E-state index contributed by atoms with van der Waals surface area (Å²) in [6.45, 7) is 4.69. The van der Waals surface area contributed by atoms with Crippen molar-refractivity contribution >= 4 is 27.5 Å². The first-order chi connectivity index (χ1) is 12.0. The maximum Gasteiger partial charge on any atom is 0.249 e. The maximum atomic E-state index is 12.5. The fraction of sp³-hybridized carbons (Fsp3) is 0.278. The number of carbonyl (C=O) groups is 1. The Hall–Kier alpha value is -2.41. The standard InChI is InChI=1S/C18H20BrN5O/c1-3-17(24-11-15(19)8-21-24)18(25)22-16-9-20-23(12-16)10-14-6-4-13(2)5-7-14/h4-9,11-12,17H,3,10H2,1-2H3,(H,22,25). The van der Waals surface area contributed by atoms with Crippen LogP contribution in [0.3, 0.4) is 0 Å². The highest BCUT2D eigenvalue weighted by atomic mass is 79.9. The number of nitrogens with one attached hydrogen (secondary N) is 1. The van der Waals surface area contributed by atoms with Crippen molar-refractivity contribution < 1.29 is 4.79 Å². The molecule has 0 spiro atoms. The van der Waals surface area contributed by atoms with E-state index in [0.29, 0.717) is 18.7 Å². The summed E-state index contributed by atoms with van der Waals surface area (Å²) in [5.41, 5.74) is 3.08. The summed E-state index contributed by atoms with van der Waals surface area (Å²) in [6.07, 6.45) is 7.63. The van der Waals surface area contributed by atoms with Gasteiger partial charge < -0.3 is 5.32 Å². The molecule has 2 heterocycles. The van der Waals surface area contributed by atoms with Crippen LogP contribution in [0.1, 0.15) is 30.5 Å². The van der Waals surface area contributed by atoms with Gasteiger partial charge >= 0.3 is 0 Å². The molecule has 7 heteroatoms. The number of carbonyl (C=O) groups excluding carboxylic acids is 1. The third kappa shape index (κ3) is 4.36. The zero-order chi connectivity index (χ0) is 17.8. The van der Waals surface area contributed by atoms with E-state index in [1.54, 1.807) is 23.3 Å². The van der Waals surface area contributed by atoms with E-state index in [0.717, 1.165) is 4.47 Å². The first kappa shape index (κ1) is 17.4. The summed E-state index contributed by atoms with van der Waals surface area (Å²) < 4.78 is 4.33. The molecule has 1 aromatic carbocycles. The van der Waals surface area contributed by atoms with E-state index in [2.05, 4.69) is 62.6 Å². The summed E-state index contributed by atoms with van der Waals surface area (Å²) in [5, 5.41) is 11.4. The third-order valence-electron chi connectivity index (χ3n) is 3.94. The van der Waals surface area contributed by atoms with E-state index in [1.807, 2.05) is 17.8 Å². The van der Waals surface area contributed by atoms with E-state index in [9.17, 15) is 4.79 Å². The molecule has 3 aromatic rings. The molecule has 2 aromatic heterocycles. The summed E-state index contributed by atoms with van der Waals surface area (Å²) in [7, 11) is 0. The third-order valence-corrected chi connectivity index (χ3v) is 4.35. The largest absolute Gasteiger partial charge is 0.322 e. The van der Waals surface area contributed by atoms with Crippen molar-refractivity contribution in [3.05, 3.63) is 64.7 Å². The zero-order valence-electron chi connectivity index (χ0n) is 14.2. The van der Waals surface area contributed by atoms with Gasteiger partial charge in [-0.3, -0.25) is 14.2 Å². The number of halogens is 1. The van der Waals surface area contributed by atoms with E-state index < -0.39 is 0 Å². The molecular formula is C18H20BrN5O. The molecule has 0 aliphatic heterocycles. The molecule has 0 bridgehead atoms. The molecule has 6 nitrogen and oxygen atoms in total. The lowest BCUT2D eigenvalue weighted by molar-refractivity contribution is -0.119. The molecule has 0 saturated heterocycles. The highest BCUT2D eigenvalue weighted by Gasteiger charge is 2.20. The highest BCUT2D eigenvalue weighted by molar-refractivity contribution is 9.10. The summed E-state index contributed by atoms with van der Waals surface area (Å²) >= 11 is 3.36. The first-order valence-corrected chi connectivity index (χ1v) is 8.93. The van der Waals surface area contributed by atoms with E-state index in [4.69, 9.17) is 0 Å². The van der Waals surface area contributed by atoms with Gasteiger partial charge in [-0.15, -0.1) is 0 Å². The van der Waals surface area contributed by atoms with Gasteiger partial charge in [-0.25, -0.2) is 0 Å². The van der Waals surface area contributed by atoms with Gasteiger partial charge in [0.05, 0.1) is 29.1 Å². The topological polar surface area (TPSA) is 64.7 Å². The zero-order valence-corrected chi connectivity index (χ0v) is 15.8. The van der Waals surface area contributed by atoms with Gasteiger partial charge in [0.2, 0.25) is 5.91 Å². The number of anilines is 1. The van der Waals surface area contributed by atoms with Crippen LogP contribution < -0.4 is 5.32 Å². The number of amides is 1. The molecule has 25 heavy (non-hydrogen) atoms. The molecule has 1 amide bonds. The Bertz CT molecular complexity index is 852. The average Bonchev–Trinajstić information content (AvgIpc) is 3.20. The Morgan fingerprint density at radius 3 is 2.60 bits per heavy atom. The van der Waals surface area contributed by atoms with Crippen LogP contribution in [-0.4, -0.2) is 25.5 Å². The summed E-state index contributed by atoms with van der Waals surface area (Å²) in [4.78, 5) is 12.5. The number of aromatic nitrogens is 4. The van der Waals surface area contributed by atoms with Crippen LogP contribution in [0.5, 0.6) is 0 Å². The number of benzene rings is 1. The minimum Gasteiger partial charge on any atom is -0.322 e. The Balaban J connectivity index is 1.65. The lowest BCUT2D eigenvalue weighted by atomic mass is 10.1. The van der Waals surface area contributed by atoms with Gasteiger partial charge in [0.25, 0.3) is 0 Å². The smallest absolute Gasteiger partial charge is 0.249 e. The number of hydrogen-bond acceptors (Lipinski definition) is 3. The van der Waals surface area contributed by atoms with Crippen molar-refractivity contribution in [3.8, 4) is 0 Å². The SMILES string of the molecule is CCC(C(=O)Nc1cnn(Cc2ccc(C)cc2)c1)n1cc(Br)cn1. The number of rotatable bonds is 6. The Kier molecular flexibility index (Phi) is 5.33. The van der Waals surface area contributed by atoms with Crippen LogP contribution >= 0.6 is 15.9 Å². The number of hydrogen-bond donors (Lipinski definition) is 1. The Morgan fingerprint density at radius 2 is 1.96 bits per heavy atom. The van der Waals surface area contributed by atoms with Gasteiger partial charge in [-0.1, -0.05) is 36.8 Å². The van der Waals surface area contributed by atoms with Crippen LogP contribution in [-0.2, 0) is 11.3 Å². The molecule has 1 atom stereocenters. The minimum absolute atomic E-state index is 0.104. The highest BCUT2D eigenvalue weighted by Crippen LogP contribution is 2.17. The van der Waals surface area contributed by atoms with Crippen molar-refractivity contribution in [2.24, 2.45) is 0 Å². The second-order valence-corrected chi connectivity index (χ2v) is 6.88. The molecule has 130 valence electrons. The fourth-order valence-electron chi connectivity index (χ4n) is 2.60. The molecule has 0 radical (unpaired) electrons. The predicted octanol–water partition coefficient (Wildman–Crippen LogP) is 3.79. The molecule has 3 rings (SSSR count). The Morgan fingerprint density at radius 1 is 1.20 bits per heavy atom. The molecule has 0 aliphatic rings. The van der Waals surface area contributed by atoms with Crippen LogP contribution in [0.2, 0.25) is 0 Å². The number of nitrogens with zero attached hydrogens (tertiary/aromatic N) is 4. The van der Waals surface area contributed by atoms with Crippen molar-refractivity contribution in [1.82, 2.24) is 19.6 Å². The fourth-order valence-corrected chi connectivity index (χ4v) is 2.90. The van der Waals surface area contributed by atoms with Gasteiger partial charge in [0.15, 0.2) is 0 Å². The van der Waals surface area contributed by atoms with Gasteiger partial charge in [-0.05, 0) is 34.8 Å². The van der Waals surface area contributed by atoms with E-state index in [1.165, 1.54) is 11.1 Å². The summed E-state index contributed by atoms with van der Waals surface area (Å²) in [6, 6.07) is 7.97. The van der Waals surface area contributed by atoms with Crippen molar-refractivity contribution in [1.29, 1.82) is 0 Å². The second-order valence-electron chi connectivity index (χ2n) is 5.96. The van der Waals surface area contributed by atoms with Crippen LogP contribution in [0.25, 0.3) is 0 Å². The lowest BCUT2D eigenvalue weighted by Gasteiger charge is -2.14. The maximum absolute atomic E-state index is 12.5. The molecule has 0 fully saturated rings. The van der Waals surface area contributed by atoms with Gasteiger partial charge in [0.1, 0.15) is 6.04 Å². The van der Waals surface area contributed by atoms with Gasteiger partial charge in [0, 0.05) is 12.4 Å². The second kappa shape index (κ2) is 7.65. The lowest BCUT2D eigenvalue weighted by Crippen LogP contribution is -2.25. The predicted molar refractivity (Wildman–Crippen MR) is 100 cm³/mol. The van der Waals surface area contributed by atoms with E-state index >= 15 is 0 Å². The average molecular weight is 402 g/mol. The van der Waals surface area contributed by atoms with Crippen LogP contribution in [0.15, 0.2) is 53.5 Å². The molecule has 1 unspecified atom stereocenters. The van der Waals surface area contributed by atoms with Crippen molar-refractivity contribution in [3.63, 3.8) is 0 Å². The molecule has 1 N–H and O–H groups in total. The minimum atomic E-state index is -0.355. The Labute approximate surface area is 155 Å².